The van der Waals surface area contributed by atoms with Crippen molar-refractivity contribution in [1.82, 2.24) is 9.97 Å². The van der Waals surface area contributed by atoms with Crippen molar-refractivity contribution in [2.75, 3.05) is 0 Å². The molecule has 0 saturated heterocycles. The number of fused-ring (bicyclic) bond motifs is 1. The van der Waals surface area contributed by atoms with E-state index in [0.29, 0.717) is 5.56 Å². The average molecular weight is 309 g/mol. The molecule has 3 rings (SSSR count). The van der Waals surface area contributed by atoms with E-state index in [1.165, 1.54) is 18.5 Å². The third kappa shape index (κ3) is 2.72. The Hall–Kier alpha value is -2.99. The molecule has 6 heteroatoms. The molecule has 0 bridgehead atoms. The Morgan fingerprint density at radius 1 is 1.17 bits per heavy atom. The molecule has 2 heterocycles. The molecule has 1 aromatic carbocycles. The Balaban J connectivity index is 2.01. The van der Waals surface area contributed by atoms with E-state index in [1.807, 2.05) is 24.3 Å². The molecule has 6 nitrogen and oxygen atoms in total. The van der Waals surface area contributed by atoms with E-state index in [2.05, 4.69) is 9.97 Å². The maximum absolute atomic E-state index is 12.5. The molecule has 3 aromatic rings. The number of pyridine rings is 1. The summed E-state index contributed by atoms with van der Waals surface area (Å²) < 4.78 is 0. The van der Waals surface area contributed by atoms with Crippen LogP contribution in [-0.4, -0.2) is 26.8 Å². The van der Waals surface area contributed by atoms with Gasteiger partial charge in [0.25, 0.3) is 0 Å². The molecule has 0 aliphatic rings. The van der Waals surface area contributed by atoms with Gasteiger partial charge in [-0.3, -0.25) is 14.6 Å². The van der Waals surface area contributed by atoms with Gasteiger partial charge in [-0.25, -0.2) is 0 Å². The van der Waals surface area contributed by atoms with Crippen molar-refractivity contribution >= 4 is 22.7 Å². The van der Waals surface area contributed by atoms with E-state index in [9.17, 15) is 14.7 Å². The number of nitrogens with zero attached hydrogens (tertiary/aromatic N) is 1. The molecule has 2 atom stereocenters. The maximum Gasteiger partial charge on any atom is 0.316 e. The number of Topliss-reactive ketones (excluding diaryl/α,β-unsaturated/α-hetero) is 1. The first-order valence-corrected chi connectivity index (χ1v) is 7.08. The second-order valence-corrected chi connectivity index (χ2v) is 5.24. The summed E-state index contributed by atoms with van der Waals surface area (Å²) in [5.41, 5.74) is 7.82. The van der Waals surface area contributed by atoms with Crippen LogP contribution < -0.4 is 5.73 Å². The summed E-state index contributed by atoms with van der Waals surface area (Å²) in [5, 5.41) is 10.3. The summed E-state index contributed by atoms with van der Waals surface area (Å²) >= 11 is 0. The predicted octanol–water partition coefficient (Wildman–Crippen LogP) is 2.15. The fourth-order valence-electron chi connectivity index (χ4n) is 2.67. The number of hydrogen-bond acceptors (Lipinski definition) is 4. The molecule has 0 aliphatic carbocycles. The number of nitrogens with two attached hydrogens (primary N) is 1. The van der Waals surface area contributed by atoms with Gasteiger partial charge in [0.05, 0.1) is 6.04 Å². The maximum atomic E-state index is 12.5. The smallest absolute Gasteiger partial charge is 0.316 e. The van der Waals surface area contributed by atoms with Crippen LogP contribution in [0.15, 0.2) is 55.0 Å². The fraction of sp³-hybridized carbons (Fsp3) is 0.118. The number of para-hydroxylation sites is 1. The van der Waals surface area contributed by atoms with Crippen molar-refractivity contribution in [3.05, 3.63) is 66.1 Å². The fourth-order valence-corrected chi connectivity index (χ4v) is 2.67. The second-order valence-electron chi connectivity index (χ2n) is 5.24. The Labute approximate surface area is 132 Å². The van der Waals surface area contributed by atoms with E-state index < -0.39 is 23.7 Å². The number of carboxylic acid groups (broad SMARTS) is 1. The number of rotatable bonds is 5. The number of carbonyl (C=O) groups is 2. The van der Waals surface area contributed by atoms with Gasteiger partial charge in [-0.15, -0.1) is 0 Å². The normalized spacial score (nSPS) is 13.6. The van der Waals surface area contributed by atoms with Gasteiger partial charge in [0.15, 0.2) is 5.78 Å². The van der Waals surface area contributed by atoms with Crippen LogP contribution in [0.5, 0.6) is 0 Å². The SMILES string of the molecule is NC(c1c[nH]c2ccccc12)C(C(=O)O)C(=O)c1cccnc1. The van der Waals surface area contributed by atoms with Crippen molar-refractivity contribution in [2.45, 2.75) is 6.04 Å². The van der Waals surface area contributed by atoms with Crippen molar-refractivity contribution in [2.24, 2.45) is 11.7 Å². The topological polar surface area (TPSA) is 109 Å². The number of aliphatic carboxylic acids is 1. The number of aromatic amines is 1. The summed E-state index contributed by atoms with van der Waals surface area (Å²) in [5.74, 6) is -3.18. The lowest BCUT2D eigenvalue weighted by Gasteiger charge is -2.18. The molecule has 0 saturated carbocycles. The van der Waals surface area contributed by atoms with Crippen LogP contribution >= 0.6 is 0 Å². The Morgan fingerprint density at radius 2 is 1.96 bits per heavy atom. The molecule has 0 fully saturated rings. The molecule has 4 N–H and O–H groups in total. The lowest BCUT2D eigenvalue weighted by molar-refractivity contribution is -0.140. The number of hydrogen-bond donors (Lipinski definition) is 3. The molecule has 2 unspecified atom stereocenters. The van der Waals surface area contributed by atoms with Crippen LogP contribution in [0.1, 0.15) is 22.0 Å². The van der Waals surface area contributed by atoms with Crippen LogP contribution in [0.3, 0.4) is 0 Å². The van der Waals surface area contributed by atoms with E-state index in [4.69, 9.17) is 5.73 Å². The molecule has 0 radical (unpaired) electrons. The molecule has 0 spiro atoms. The Bertz CT molecular complexity index is 858. The van der Waals surface area contributed by atoms with Crippen molar-refractivity contribution in [3.8, 4) is 0 Å². The minimum absolute atomic E-state index is 0.232. The van der Waals surface area contributed by atoms with Crippen LogP contribution in [0.4, 0.5) is 0 Å². The van der Waals surface area contributed by atoms with Crippen LogP contribution in [-0.2, 0) is 4.79 Å². The highest BCUT2D eigenvalue weighted by Gasteiger charge is 2.35. The first kappa shape index (κ1) is 14.9. The zero-order valence-corrected chi connectivity index (χ0v) is 12.1. The van der Waals surface area contributed by atoms with Gasteiger partial charge in [0.2, 0.25) is 0 Å². The van der Waals surface area contributed by atoms with E-state index in [-0.39, 0.29) is 5.56 Å². The van der Waals surface area contributed by atoms with Crippen LogP contribution in [0.25, 0.3) is 10.9 Å². The van der Waals surface area contributed by atoms with E-state index >= 15 is 0 Å². The standard InChI is InChI=1S/C17H15N3O3/c18-15(12-9-20-13-6-2-1-5-11(12)13)14(17(22)23)16(21)10-4-3-7-19-8-10/h1-9,14-15,20H,18H2,(H,22,23). The minimum Gasteiger partial charge on any atom is -0.481 e. The summed E-state index contributed by atoms with van der Waals surface area (Å²) in [4.78, 5) is 31.1. The number of carbonyl (C=O) groups excluding carboxylic acids is 1. The summed E-state index contributed by atoms with van der Waals surface area (Å²) in [6.45, 7) is 0. The second kappa shape index (κ2) is 6.02. The molecule has 0 amide bonds. The van der Waals surface area contributed by atoms with Gasteiger partial charge < -0.3 is 15.8 Å². The van der Waals surface area contributed by atoms with Gasteiger partial charge >= 0.3 is 5.97 Å². The Morgan fingerprint density at radius 3 is 2.65 bits per heavy atom. The number of H-pyrrole nitrogens is 1. The minimum atomic E-state index is -1.38. The summed E-state index contributed by atoms with van der Waals surface area (Å²) in [7, 11) is 0. The third-order valence-corrected chi connectivity index (χ3v) is 3.83. The van der Waals surface area contributed by atoms with Crippen LogP contribution in [0, 0.1) is 5.92 Å². The molecule has 116 valence electrons. The van der Waals surface area contributed by atoms with Gasteiger partial charge in [0, 0.05) is 35.1 Å². The number of benzene rings is 1. The van der Waals surface area contributed by atoms with E-state index in [1.54, 1.807) is 12.3 Å². The number of nitrogens with one attached hydrogen (secondary N) is 1. The highest BCUT2D eigenvalue weighted by molar-refractivity contribution is 6.09. The molecule has 23 heavy (non-hydrogen) atoms. The number of aromatic nitrogens is 2. The largest absolute Gasteiger partial charge is 0.481 e. The third-order valence-electron chi connectivity index (χ3n) is 3.83. The monoisotopic (exact) mass is 309 g/mol. The van der Waals surface area contributed by atoms with Crippen molar-refractivity contribution in [3.63, 3.8) is 0 Å². The van der Waals surface area contributed by atoms with E-state index in [0.717, 1.165) is 10.9 Å². The van der Waals surface area contributed by atoms with Gasteiger partial charge in [-0.2, -0.15) is 0 Å². The summed E-state index contributed by atoms with van der Waals surface area (Å²) in [6.07, 6.45) is 4.52. The number of ketones is 1. The van der Waals surface area contributed by atoms with Gasteiger partial charge in [0.1, 0.15) is 5.92 Å². The quantitative estimate of drug-likeness (QED) is 0.494. The van der Waals surface area contributed by atoms with Crippen LogP contribution in [0.2, 0.25) is 0 Å². The zero-order chi connectivity index (χ0) is 16.4. The summed E-state index contributed by atoms with van der Waals surface area (Å²) in [6, 6.07) is 9.57. The van der Waals surface area contributed by atoms with Gasteiger partial charge in [-0.05, 0) is 23.8 Å². The predicted molar refractivity (Wildman–Crippen MR) is 84.9 cm³/mol. The lowest BCUT2D eigenvalue weighted by atomic mass is 9.87. The van der Waals surface area contributed by atoms with Crippen molar-refractivity contribution in [1.29, 1.82) is 0 Å². The zero-order valence-electron chi connectivity index (χ0n) is 12.1. The first-order chi connectivity index (χ1) is 11.1. The highest BCUT2D eigenvalue weighted by atomic mass is 16.4. The average Bonchev–Trinajstić information content (AvgIpc) is 2.99. The highest BCUT2D eigenvalue weighted by Crippen LogP contribution is 2.29. The molecular weight excluding hydrogens is 294 g/mol. The lowest BCUT2D eigenvalue weighted by Crippen LogP contribution is -2.34. The van der Waals surface area contributed by atoms with Crippen molar-refractivity contribution < 1.29 is 14.7 Å². The number of carboxylic acids is 1. The first-order valence-electron chi connectivity index (χ1n) is 7.08. The van der Waals surface area contributed by atoms with Gasteiger partial charge in [-0.1, -0.05) is 18.2 Å². The Kier molecular flexibility index (Phi) is 3.91. The molecule has 2 aromatic heterocycles. The molecular formula is C17H15N3O3. The molecule has 0 aliphatic heterocycles.